The molecule has 30 heavy (non-hydrogen) atoms. The molecule has 0 bridgehead atoms. The van der Waals surface area contributed by atoms with Crippen molar-refractivity contribution in [2.45, 2.75) is 20.0 Å². The second-order valence-electron chi connectivity index (χ2n) is 7.00. The Labute approximate surface area is 180 Å². The van der Waals surface area contributed by atoms with E-state index in [4.69, 9.17) is 19.2 Å². The summed E-state index contributed by atoms with van der Waals surface area (Å²) in [6, 6.07) is 13.9. The molecule has 0 aliphatic heterocycles. The van der Waals surface area contributed by atoms with Crippen molar-refractivity contribution >= 4 is 5.96 Å². The number of rotatable bonds is 11. The molecule has 2 aromatic rings. The smallest absolute Gasteiger partial charge is 0.191 e. The Hall–Kier alpha value is -2.93. The molecule has 2 N–H and O–H groups in total. The third-order valence-electron chi connectivity index (χ3n) is 4.43. The first kappa shape index (κ1) is 23.3. The summed E-state index contributed by atoms with van der Waals surface area (Å²) in [7, 11) is 7.34. The van der Waals surface area contributed by atoms with Gasteiger partial charge in [-0.2, -0.15) is 0 Å². The summed E-state index contributed by atoms with van der Waals surface area (Å²) in [5, 5.41) is 6.68. The summed E-state index contributed by atoms with van der Waals surface area (Å²) in [5.74, 6) is 3.05. The van der Waals surface area contributed by atoms with Crippen LogP contribution in [0.25, 0.3) is 0 Å². The van der Waals surface area contributed by atoms with Crippen LogP contribution in [0.2, 0.25) is 0 Å². The zero-order valence-electron chi connectivity index (χ0n) is 18.7. The fourth-order valence-electron chi connectivity index (χ4n) is 2.80. The van der Waals surface area contributed by atoms with E-state index in [9.17, 15) is 0 Å². The lowest BCUT2D eigenvalue weighted by atomic mass is 10.2. The molecule has 0 spiro atoms. The molecule has 0 atom stereocenters. The van der Waals surface area contributed by atoms with Crippen LogP contribution < -0.4 is 24.8 Å². The van der Waals surface area contributed by atoms with Gasteiger partial charge < -0.3 is 29.7 Å². The maximum absolute atomic E-state index is 5.95. The average Bonchev–Trinajstić information content (AvgIpc) is 2.76. The van der Waals surface area contributed by atoms with Crippen molar-refractivity contribution in [3.63, 3.8) is 0 Å². The summed E-state index contributed by atoms with van der Waals surface area (Å²) in [6.07, 6.45) is 0. The number of likely N-dealkylation sites (N-methyl/N-ethyl adjacent to an activating group) is 1. The lowest BCUT2D eigenvalue weighted by Gasteiger charge is -2.16. The average molecular weight is 415 g/mol. The first-order valence-electron chi connectivity index (χ1n) is 10.2. The second kappa shape index (κ2) is 12.6. The summed E-state index contributed by atoms with van der Waals surface area (Å²) in [4.78, 5) is 6.80. The predicted molar refractivity (Wildman–Crippen MR) is 122 cm³/mol. The number of hydrogen-bond donors (Lipinski definition) is 2. The van der Waals surface area contributed by atoms with Crippen molar-refractivity contribution in [1.82, 2.24) is 15.5 Å². The highest BCUT2D eigenvalue weighted by atomic mass is 16.5. The number of benzene rings is 2. The maximum atomic E-state index is 5.95. The van der Waals surface area contributed by atoms with Gasteiger partial charge in [-0.3, -0.25) is 0 Å². The molecule has 0 fully saturated rings. The van der Waals surface area contributed by atoms with E-state index in [1.165, 1.54) is 0 Å². The molecule has 2 aromatic carbocycles. The highest BCUT2D eigenvalue weighted by Gasteiger charge is 2.07. The van der Waals surface area contributed by atoms with E-state index in [2.05, 4.69) is 21.6 Å². The number of aliphatic imine (C=N–C) groups is 1. The number of methoxy groups -OCH3 is 2. The standard InChI is InChI=1S/C23H34N4O3/c1-6-24-23(25-16-18-11-12-21(28-4)22(15-18)29-5)26-17-19-9-7-8-10-20(19)30-14-13-27(2)3/h7-12,15H,6,13-14,16-17H2,1-5H3,(H2,24,25,26). The minimum atomic E-state index is 0.524. The summed E-state index contributed by atoms with van der Waals surface area (Å²) in [5.41, 5.74) is 2.13. The molecule has 2 rings (SSSR count). The van der Waals surface area contributed by atoms with Gasteiger partial charge in [0.2, 0.25) is 0 Å². The Morgan fingerprint density at radius 3 is 2.43 bits per heavy atom. The van der Waals surface area contributed by atoms with Gasteiger partial charge in [0.05, 0.1) is 20.8 Å². The predicted octanol–water partition coefficient (Wildman–Crippen LogP) is 2.90. The van der Waals surface area contributed by atoms with Gasteiger partial charge in [0.25, 0.3) is 0 Å². The highest BCUT2D eigenvalue weighted by molar-refractivity contribution is 5.79. The minimum absolute atomic E-state index is 0.524. The van der Waals surface area contributed by atoms with Crippen LogP contribution in [-0.2, 0) is 13.1 Å². The first-order valence-corrected chi connectivity index (χ1v) is 10.2. The number of nitrogens with one attached hydrogen (secondary N) is 2. The van der Waals surface area contributed by atoms with E-state index in [1.807, 2.05) is 57.4 Å². The van der Waals surface area contributed by atoms with Gasteiger partial charge in [-0.25, -0.2) is 4.99 Å². The Morgan fingerprint density at radius 1 is 0.967 bits per heavy atom. The molecule has 0 radical (unpaired) electrons. The number of guanidine groups is 1. The van der Waals surface area contributed by atoms with E-state index in [0.29, 0.717) is 31.2 Å². The van der Waals surface area contributed by atoms with Crippen LogP contribution in [0.4, 0.5) is 0 Å². The van der Waals surface area contributed by atoms with E-state index in [1.54, 1.807) is 14.2 Å². The molecule has 164 valence electrons. The van der Waals surface area contributed by atoms with Gasteiger partial charge in [-0.1, -0.05) is 24.3 Å². The van der Waals surface area contributed by atoms with Crippen LogP contribution in [-0.4, -0.2) is 58.9 Å². The van der Waals surface area contributed by atoms with Crippen LogP contribution in [0.15, 0.2) is 47.5 Å². The minimum Gasteiger partial charge on any atom is -0.493 e. The number of hydrogen-bond acceptors (Lipinski definition) is 5. The SMILES string of the molecule is CCNC(=NCc1ccc(OC)c(OC)c1)NCc1ccccc1OCCN(C)C. The zero-order valence-corrected chi connectivity index (χ0v) is 18.7. The molecule has 0 unspecified atom stereocenters. The lowest BCUT2D eigenvalue weighted by Crippen LogP contribution is -2.36. The molecule has 7 heteroatoms. The van der Waals surface area contributed by atoms with Gasteiger partial charge in [0.1, 0.15) is 12.4 Å². The van der Waals surface area contributed by atoms with Crippen molar-refractivity contribution in [2.24, 2.45) is 4.99 Å². The van der Waals surface area contributed by atoms with Crippen molar-refractivity contribution in [3.05, 3.63) is 53.6 Å². The fraction of sp³-hybridized carbons (Fsp3) is 0.435. The van der Waals surface area contributed by atoms with Crippen LogP contribution in [0, 0.1) is 0 Å². The number of nitrogens with zero attached hydrogens (tertiary/aromatic N) is 2. The third kappa shape index (κ3) is 7.48. The van der Waals surface area contributed by atoms with Crippen LogP contribution in [0.3, 0.4) is 0 Å². The zero-order chi connectivity index (χ0) is 21.8. The van der Waals surface area contributed by atoms with Gasteiger partial charge in [0.15, 0.2) is 17.5 Å². The van der Waals surface area contributed by atoms with Crippen molar-refractivity contribution in [2.75, 3.05) is 48.0 Å². The molecule has 0 aliphatic carbocycles. The Kier molecular flexibility index (Phi) is 9.80. The summed E-state index contributed by atoms with van der Waals surface area (Å²) < 4.78 is 16.6. The fourth-order valence-corrected chi connectivity index (χ4v) is 2.80. The van der Waals surface area contributed by atoms with Gasteiger partial charge in [0, 0.05) is 25.2 Å². The maximum Gasteiger partial charge on any atom is 0.191 e. The molecular formula is C23H34N4O3. The summed E-state index contributed by atoms with van der Waals surface area (Å²) >= 11 is 0. The Balaban J connectivity index is 2.02. The summed E-state index contributed by atoms with van der Waals surface area (Å²) in [6.45, 7) is 5.49. The Bertz CT molecular complexity index is 809. The lowest BCUT2D eigenvalue weighted by molar-refractivity contribution is 0.259. The van der Waals surface area contributed by atoms with Crippen LogP contribution >= 0.6 is 0 Å². The highest BCUT2D eigenvalue weighted by Crippen LogP contribution is 2.27. The number of para-hydroxylation sites is 1. The third-order valence-corrected chi connectivity index (χ3v) is 4.43. The molecule has 0 saturated carbocycles. The van der Waals surface area contributed by atoms with Gasteiger partial charge in [-0.05, 0) is 44.8 Å². The second-order valence-corrected chi connectivity index (χ2v) is 7.00. The van der Waals surface area contributed by atoms with Crippen molar-refractivity contribution in [3.8, 4) is 17.2 Å². The van der Waals surface area contributed by atoms with Crippen molar-refractivity contribution in [1.29, 1.82) is 0 Å². The van der Waals surface area contributed by atoms with E-state index >= 15 is 0 Å². The molecule has 0 aliphatic rings. The largest absolute Gasteiger partial charge is 0.493 e. The quantitative estimate of drug-likeness (QED) is 0.435. The van der Waals surface area contributed by atoms with Gasteiger partial charge >= 0.3 is 0 Å². The molecule has 0 amide bonds. The molecule has 0 heterocycles. The topological polar surface area (TPSA) is 67.4 Å². The normalized spacial score (nSPS) is 11.3. The molecule has 0 aromatic heterocycles. The van der Waals surface area contributed by atoms with E-state index < -0.39 is 0 Å². The first-order chi connectivity index (χ1) is 14.6. The van der Waals surface area contributed by atoms with E-state index in [0.717, 1.165) is 35.9 Å². The Morgan fingerprint density at radius 2 is 1.73 bits per heavy atom. The molecular weight excluding hydrogens is 380 g/mol. The molecule has 0 saturated heterocycles. The van der Waals surface area contributed by atoms with Gasteiger partial charge in [-0.15, -0.1) is 0 Å². The van der Waals surface area contributed by atoms with Crippen LogP contribution in [0.5, 0.6) is 17.2 Å². The van der Waals surface area contributed by atoms with E-state index in [-0.39, 0.29) is 0 Å². The monoisotopic (exact) mass is 414 g/mol. The van der Waals surface area contributed by atoms with Crippen molar-refractivity contribution < 1.29 is 14.2 Å². The van der Waals surface area contributed by atoms with Crippen LogP contribution in [0.1, 0.15) is 18.1 Å². The molecule has 7 nitrogen and oxygen atoms in total. The number of ether oxygens (including phenoxy) is 3.